The van der Waals surface area contributed by atoms with Crippen molar-refractivity contribution < 1.29 is 5.11 Å². The van der Waals surface area contributed by atoms with Crippen LogP contribution in [0.25, 0.3) is 10.8 Å². The van der Waals surface area contributed by atoms with Crippen molar-refractivity contribution in [1.82, 2.24) is 15.0 Å². The molecular weight excluding hydrogens is 250 g/mol. The third-order valence-electron chi connectivity index (χ3n) is 3.33. The van der Waals surface area contributed by atoms with Gasteiger partial charge >= 0.3 is 0 Å². The molecule has 2 heterocycles. The van der Waals surface area contributed by atoms with Crippen molar-refractivity contribution in [2.45, 2.75) is 31.6 Å². The maximum atomic E-state index is 12.1. The van der Waals surface area contributed by atoms with Crippen molar-refractivity contribution >= 4 is 11.3 Å². The number of aromatic amines is 1. The Labute approximate surface area is 108 Å². The van der Waals surface area contributed by atoms with Crippen molar-refractivity contribution in [3.63, 3.8) is 0 Å². The summed E-state index contributed by atoms with van der Waals surface area (Å²) in [5.74, 6) is 0.344. The first-order valence-electron chi connectivity index (χ1n) is 5.99. The van der Waals surface area contributed by atoms with E-state index in [0.717, 1.165) is 25.7 Å². The number of aromatic nitrogens is 3. The summed E-state index contributed by atoms with van der Waals surface area (Å²) in [4.78, 5) is 22.9. The second kappa shape index (κ2) is 4.53. The van der Waals surface area contributed by atoms with Gasteiger partial charge in [0.2, 0.25) is 5.88 Å². The van der Waals surface area contributed by atoms with Crippen LogP contribution in [0.2, 0.25) is 0 Å². The van der Waals surface area contributed by atoms with Gasteiger partial charge in [0, 0.05) is 11.6 Å². The minimum atomic E-state index is -0.236. The number of nitrogens with zero attached hydrogens (tertiary/aromatic N) is 2. The molecule has 0 saturated heterocycles. The van der Waals surface area contributed by atoms with Gasteiger partial charge in [-0.15, -0.1) is 11.3 Å². The van der Waals surface area contributed by atoms with Crippen molar-refractivity contribution in [1.29, 1.82) is 0 Å². The van der Waals surface area contributed by atoms with E-state index in [-0.39, 0.29) is 17.4 Å². The number of hydrogen-bond donors (Lipinski definition) is 2. The lowest BCUT2D eigenvalue weighted by Crippen LogP contribution is -2.17. The topological polar surface area (TPSA) is 78.9 Å². The van der Waals surface area contributed by atoms with E-state index in [1.54, 1.807) is 11.6 Å². The zero-order chi connectivity index (χ0) is 12.5. The third-order valence-corrected chi connectivity index (χ3v) is 4.11. The molecule has 0 unspecified atom stereocenters. The van der Waals surface area contributed by atoms with Crippen LogP contribution in [0, 0.1) is 0 Å². The summed E-state index contributed by atoms with van der Waals surface area (Å²) in [6.45, 7) is 0. The Balaban J connectivity index is 2.06. The van der Waals surface area contributed by atoms with Gasteiger partial charge in [0.25, 0.3) is 5.56 Å². The van der Waals surface area contributed by atoms with Crippen molar-refractivity contribution in [2.24, 2.45) is 0 Å². The first-order chi connectivity index (χ1) is 8.75. The molecule has 2 aromatic heterocycles. The Morgan fingerprint density at radius 2 is 2.17 bits per heavy atom. The summed E-state index contributed by atoms with van der Waals surface area (Å²) >= 11 is 1.38. The van der Waals surface area contributed by atoms with E-state index in [9.17, 15) is 9.90 Å². The molecule has 3 rings (SSSR count). The van der Waals surface area contributed by atoms with Crippen molar-refractivity contribution in [3.05, 3.63) is 27.5 Å². The quantitative estimate of drug-likeness (QED) is 0.871. The fourth-order valence-corrected chi connectivity index (χ4v) is 3.08. The monoisotopic (exact) mass is 263 g/mol. The number of H-pyrrole nitrogens is 1. The summed E-state index contributed by atoms with van der Waals surface area (Å²) in [6.07, 6.45) is 5.77. The van der Waals surface area contributed by atoms with E-state index in [4.69, 9.17) is 0 Å². The number of thiazole rings is 1. The standard InChI is InChI=1S/C12H13N3O2S/c16-10-8(7-3-1-2-4-7)11(17)15-9(14-10)12-13-5-6-18-12/h5-7H,1-4H2,(H2,14,15,16,17). The number of hydrogen-bond acceptors (Lipinski definition) is 5. The van der Waals surface area contributed by atoms with Gasteiger partial charge in [0.1, 0.15) is 0 Å². The van der Waals surface area contributed by atoms with Crippen LogP contribution in [0.3, 0.4) is 0 Å². The van der Waals surface area contributed by atoms with E-state index >= 15 is 0 Å². The highest BCUT2D eigenvalue weighted by Gasteiger charge is 2.24. The second-order valence-electron chi connectivity index (χ2n) is 4.47. The number of rotatable bonds is 2. The molecule has 94 valence electrons. The van der Waals surface area contributed by atoms with Gasteiger partial charge in [0.05, 0.1) is 5.56 Å². The molecule has 0 aromatic carbocycles. The number of aromatic hydroxyl groups is 1. The largest absolute Gasteiger partial charge is 0.493 e. The Hall–Kier alpha value is -1.69. The first-order valence-corrected chi connectivity index (χ1v) is 6.86. The van der Waals surface area contributed by atoms with Gasteiger partial charge < -0.3 is 10.1 Å². The average Bonchev–Trinajstić information content (AvgIpc) is 3.01. The summed E-state index contributed by atoms with van der Waals surface area (Å²) in [7, 11) is 0. The highest BCUT2D eigenvalue weighted by molar-refractivity contribution is 7.12. The van der Waals surface area contributed by atoms with E-state index in [1.165, 1.54) is 11.3 Å². The van der Waals surface area contributed by atoms with Crippen molar-refractivity contribution in [2.75, 3.05) is 0 Å². The zero-order valence-electron chi connectivity index (χ0n) is 9.72. The Kier molecular flexibility index (Phi) is 2.87. The maximum absolute atomic E-state index is 12.1. The molecule has 2 aromatic rings. The van der Waals surface area contributed by atoms with E-state index < -0.39 is 0 Å². The molecule has 1 aliphatic carbocycles. The number of nitrogens with one attached hydrogen (secondary N) is 1. The molecule has 0 atom stereocenters. The summed E-state index contributed by atoms with van der Waals surface area (Å²) in [5.41, 5.74) is 0.201. The minimum Gasteiger partial charge on any atom is -0.493 e. The van der Waals surface area contributed by atoms with Gasteiger partial charge in [-0.3, -0.25) is 4.79 Å². The van der Waals surface area contributed by atoms with E-state index in [0.29, 0.717) is 16.4 Å². The molecule has 1 aliphatic rings. The molecule has 0 radical (unpaired) electrons. The Morgan fingerprint density at radius 3 is 2.78 bits per heavy atom. The minimum absolute atomic E-state index is 0.143. The summed E-state index contributed by atoms with van der Waals surface area (Å²) < 4.78 is 0. The van der Waals surface area contributed by atoms with Crippen LogP contribution < -0.4 is 5.56 Å². The van der Waals surface area contributed by atoms with Gasteiger partial charge in [-0.1, -0.05) is 12.8 Å². The lowest BCUT2D eigenvalue weighted by molar-refractivity contribution is 0.436. The Bertz CT molecular complexity index is 600. The molecule has 6 heteroatoms. The molecule has 2 N–H and O–H groups in total. The van der Waals surface area contributed by atoms with Crippen LogP contribution in [0.4, 0.5) is 0 Å². The van der Waals surface area contributed by atoms with E-state index in [2.05, 4.69) is 15.0 Å². The second-order valence-corrected chi connectivity index (χ2v) is 5.37. The zero-order valence-corrected chi connectivity index (χ0v) is 10.5. The predicted molar refractivity (Wildman–Crippen MR) is 68.8 cm³/mol. The van der Waals surface area contributed by atoms with Crippen LogP contribution in [0.15, 0.2) is 16.4 Å². The lowest BCUT2D eigenvalue weighted by atomic mass is 10.00. The molecule has 0 bridgehead atoms. The highest BCUT2D eigenvalue weighted by atomic mass is 32.1. The molecule has 1 saturated carbocycles. The van der Waals surface area contributed by atoms with Crippen LogP contribution in [-0.2, 0) is 0 Å². The van der Waals surface area contributed by atoms with Crippen LogP contribution in [0.1, 0.15) is 37.2 Å². The van der Waals surface area contributed by atoms with Gasteiger partial charge in [0.15, 0.2) is 10.8 Å². The lowest BCUT2D eigenvalue weighted by Gasteiger charge is -2.10. The third kappa shape index (κ3) is 1.92. The van der Waals surface area contributed by atoms with Crippen LogP contribution in [0.5, 0.6) is 5.88 Å². The van der Waals surface area contributed by atoms with Gasteiger partial charge in [-0.25, -0.2) is 4.98 Å². The smallest absolute Gasteiger partial charge is 0.258 e. The summed E-state index contributed by atoms with van der Waals surface area (Å²) in [5, 5.41) is 12.4. The highest BCUT2D eigenvalue weighted by Crippen LogP contribution is 2.35. The molecule has 0 amide bonds. The fourth-order valence-electron chi connectivity index (χ4n) is 2.49. The van der Waals surface area contributed by atoms with Crippen molar-refractivity contribution in [3.8, 4) is 16.7 Å². The van der Waals surface area contributed by atoms with E-state index in [1.807, 2.05) is 0 Å². The normalized spacial score (nSPS) is 16.2. The molecular formula is C12H13N3O2S. The van der Waals surface area contributed by atoms with Gasteiger partial charge in [-0.05, 0) is 18.8 Å². The molecule has 18 heavy (non-hydrogen) atoms. The first kappa shape index (κ1) is 11.4. The molecule has 1 fully saturated rings. The maximum Gasteiger partial charge on any atom is 0.258 e. The SMILES string of the molecule is O=c1[nH]c(-c2nccs2)nc(O)c1C1CCCC1. The average molecular weight is 263 g/mol. The Morgan fingerprint density at radius 1 is 1.39 bits per heavy atom. The fraction of sp³-hybridized carbons (Fsp3) is 0.417. The molecule has 5 nitrogen and oxygen atoms in total. The van der Waals surface area contributed by atoms with Crippen LogP contribution in [-0.4, -0.2) is 20.1 Å². The van der Waals surface area contributed by atoms with Crippen LogP contribution >= 0.6 is 11.3 Å². The molecule has 0 spiro atoms. The van der Waals surface area contributed by atoms with Gasteiger partial charge in [-0.2, -0.15) is 4.98 Å². The predicted octanol–water partition coefficient (Wildman–Crippen LogP) is 2.26. The summed E-state index contributed by atoms with van der Waals surface area (Å²) in [6, 6.07) is 0. The molecule has 0 aliphatic heterocycles.